The summed E-state index contributed by atoms with van der Waals surface area (Å²) in [5, 5.41) is 12.7. The predicted molar refractivity (Wildman–Crippen MR) is 68.7 cm³/mol. The van der Waals surface area contributed by atoms with E-state index in [1.54, 1.807) is 0 Å². The van der Waals surface area contributed by atoms with Crippen LogP contribution in [0.3, 0.4) is 0 Å². The molecule has 0 aliphatic carbocycles. The van der Waals surface area contributed by atoms with Crippen LogP contribution >= 0.6 is 0 Å². The van der Waals surface area contributed by atoms with Gasteiger partial charge in [-0.1, -0.05) is 13.8 Å². The largest absolute Gasteiger partial charge is 0.388 e. The van der Waals surface area contributed by atoms with Gasteiger partial charge < -0.3 is 15.4 Å². The molecule has 5 heteroatoms. The Morgan fingerprint density at radius 2 is 2.00 bits per heavy atom. The van der Waals surface area contributed by atoms with Crippen LogP contribution in [-0.4, -0.2) is 33.9 Å². The maximum Gasteiger partial charge on any atom is 0.267 e. The number of nitrogens with one attached hydrogen (secondary N) is 2. The molecule has 0 saturated carbocycles. The van der Waals surface area contributed by atoms with Gasteiger partial charge in [-0.2, -0.15) is 0 Å². The molecule has 0 atom stereocenters. The molecule has 1 rings (SSSR count). The van der Waals surface area contributed by atoms with Crippen LogP contribution in [-0.2, 0) is 0 Å². The SMILES string of the molecule is CCC(O)(CC)CNC(=O)c1cc(C(C)=O)c[nH]1. The van der Waals surface area contributed by atoms with Gasteiger partial charge in [0.2, 0.25) is 0 Å². The average Bonchev–Trinajstić information content (AvgIpc) is 2.85. The van der Waals surface area contributed by atoms with E-state index in [0.717, 1.165) is 0 Å². The molecule has 1 aromatic rings. The number of aliphatic hydroxyl groups is 1. The molecule has 0 radical (unpaired) electrons. The Balaban J connectivity index is 2.62. The number of ketones is 1. The molecule has 18 heavy (non-hydrogen) atoms. The third-order valence-corrected chi connectivity index (χ3v) is 3.23. The lowest BCUT2D eigenvalue weighted by Crippen LogP contribution is -2.42. The first-order valence-corrected chi connectivity index (χ1v) is 6.11. The fourth-order valence-corrected chi connectivity index (χ4v) is 1.57. The molecule has 0 saturated heterocycles. The molecule has 0 bridgehead atoms. The van der Waals surface area contributed by atoms with E-state index in [4.69, 9.17) is 0 Å². The highest BCUT2D eigenvalue weighted by molar-refractivity contribution is 5.99. The summed E-state index contributed by atoms with van der Waals surface area (Å²) in [6.07, 6.45) is 2.66. The van der Waals surface area contributed by atoms with Crippen molar-refractivity contribution in [3.8, 4) is 0 Å². The number of aromatic nitrogens is 1. The Labute approximate surface area is 107 Å². The predicted octanol–water partition coefficient (Wildman–Crippen LogP) is 1.50. The van der Waals surface area contributed by atoms with Crippen molar-refractivity contribution < 1.29 is 14.7 Å². The quantitative estimate of drug-likeness (QED) is 0.671. The Bertz CT molecular complexity index is 433. The van der Waals surface area contributed by atoms with Crippen LogP contribution in [0.2, 0.25) is 0 Å². The van der Waals surface area contributed by atoms with Crippen LogP contribution in [0.1, 0.15) is 54.5 Å². The minimum Gasteiger partial charge on any atom is -0.388 e. The number of aromatic amines is 1. The zero-order valence-electron chi connectivity index (χ0n) is 11.0. The Morgan fingerprint density at radius 1 is 1.39 bits per heavy atom. The first kappa shape index (κ1) is 14.4. The fraction of sp³-hybridized carbons (Fsp3) is 0.538. The maximum atomic E-state index is 11.8. The van der Waals surface area contributed by atoms with Gasteiger partial charge in [0.1, 0.15) is 5.69 Å². The first-order chi connectivity index (χ1) is 8.41. The smallest absolute Gasteiger partial charge is 0.267 e. The molecule has 0 aliphatic heterocycles. The van der Waals surface area contributed by atoms with E-state index in [1.807, 2.05) is 13.8 Å². The van der Waals surface area contributed by atoms with Crippen molar-refractivity contribution in [2.24, 2.45) is 0 Å². The maximum absolute atomic E-state index is 11.8. The standard InChI is InChI=1S/C13H20N2O3/c1-4-13(18,5-2)8-15-12(17)11-6-10(7-14-11)9(3)16/h6-7,14,18H,4-5,8H2,1-3H3,(H,15,17). The number of hydrogen-bond donors (Lipinski definition) is 3. The molecule has 3 N–H and O–H groups in total. The molecule has 100 valence electrons. The van der Waals surface area contributed by atoms with Crippen LogP contribution in [0, 0.1) is 0 Å². The van der Waals surface area contributed by atoms with Crippen molar-refractivity contribution in [1.82, 2.24) is 10.3 Å². The number of Topliss-reactive ketones (excluding diaryl/α,β-unsaturated/α-hetero) is 1. The Kier molecular flexibility index (Phi) is 4.67. The molecular formula is C13H20N2O3. The lowest BCUT2D eigenvalue weighted by Gasteiger charge is -2.25. The third kappa shape index (κ3) is 3.43. The van der Waals surface area contributed by atoms with Gasteiger partial charge in [-0.25, -0.2) is 0 Å². The van der Waals surface area contributed by atoms with E-state index in [1.165, 1.54) is 19.2 Å². The highest BCUT2D eigenvalue weighted by Crippen LogP contribution is 2.13. The molecule has 1 heterocycles. The molecule has 0 fully saturated rings. The zero-order chi connectivity index (χ0) is 13.8. The van der Waals surface area contributed by atoms with E-state index in [9.17, 15) is 14.7 Å². The second-order valence-corrected chi connectivity index (χ2v) is 4.47. The number of rotatable bonds is 6. The Hall–Kier alpha value is -1.62. The van der Waals surface area contributed by atoms with Gasteiger partial charge in [0.05, 0.1) is 5.60 Å². The molecule has 0 unspecified atom stereocenters. The van der Waals surface area contributed by atoms with E-state index >= 15 is 0 Å². The average molecular weight is 252 g/mol. The van der Waals surface area contributed by atoms with E-state index in [2.05, 4.69) is 10.3 Å². The highest BCUT2D eigenvalue weighted by Gasteiger charge is 2.23. The molecule has 0 aliphatic rings. The summed E-state index contributed by atoms with van der Waals surface area (Å²) in [7, 11) is 0. The van der Waals surface area contributed by atoms with E-state index in [-0.39, 0.29) is 18.2 Å². The van der Waals surface area contributed by atoms with Crippen LogP contribution in [0.4, 0.5) is 0 Å². The van der Waals surface area contributed by atoms with Gasteiger partial charge in [-0.05, 0) is 25.8 Å². The summed E-state index contributed by atoms with van der Waals surface area (Å²) in [5.74, 6) is -0.410. The Morgan fingerprint density at radius 3 is 2.44 bits per heavy atom. The van der Waals surface area contributed by atoms with E-state index < -0.39 is 5.60 Å². The van der Waals surface area contributed by atoms with Crippen molar-refractivity contribution >= 4 is 11.7 Å². The number of carbonyl (C=O) groups is 2. The number of amides is 1. The molecule has 1 amide bonds. The van der Waals surface area contributed by atoms with Crippen LogP contribution in [0.15, 0.2) is 12.3 Å². The summed E-state index contributed by atoms with van der Waals surface area (Å²) >= 11 is 0. The van der Waals surface area contributed by atoms with Crippen LogP contribution < -0.4 is 5.32 Å². The van der Waals surface area contributed by atoms with Gasteiger partial charge in [-0.15, -0.1) is 0 Å². The summed E-state index contributed by atoms with van der Waals surface area (Å²) in [6.45, 7) is 5.39. The monoisotopic (exact) mass is 252 g/mol. The first-order valence-electron chi connectivity index (χ1n) is 6.11. The number of carbonyl (C=O) groups excluding carboxylic acids is 2. The van der Waals surface area contributed by atoms with Crippen molar-refractivity contribution in [1.29, 1.82) is 0 Å². The molecule has 0 spiro atoms. The third-order valence-electron chi connectivity index (χ3n) is 3.23. The van der Waals surface area contributed by atoms with Crippen molar-refractivity contribution in [3.63, 3.8) is 0 Å². The van der Waals surface area contributed by atoms with Gasteiger partial charge in [0.15, 0.2) is 5.78 Å². The minimum atomic E-state index is -0.869. The van der Waals surface area contributed by atoms with Crippen LogP contribution in [0.25, 0.3) is 0 Å². The second kappa shape index (κ2) is 5.82. The van der Waals surface area contributed by atoms with Crippen LogP contribution in [0.5, 0.6) is 0 Å². The fourth-order valence-electron chi connectivity index (χ4n) is 1.57. The molecule has 5 nitrogen and oxygen atoms in total. The van der Waals surface area contributed by atoms with Crippen molar-refractivity contribution in [2.75, 3.05) is 6.54 Å². The van der Waals surface area contributed by atoms with Gasteiger partial charge >= 0.3 is 0 Å². The topological polar surface area (TPSA) is 82.2 Å². The van der Waals surface area contributed by atoms with Crippen molar-refractivity contribution in [3.05, 3.63) is 23.5 Å². The number of H-pyrrole nitrogens is 1. The summed E-state index contributed by atoms with van der Waals surface area (Å²) in [5.41, 5.74) is -0.0674. The summed E-state index contributed by atoms with van der Waals surface area (Å²) in [4.78, 5) is 25.6. The van der Waals surface area contributed by atoms with Gasteiger partial charge in [0.25, 0.3) is 5.91 Å². The lowest BCUT2D eigenvalue weighted by atomic mass is 9.97. The van der Waals surface area contributed by atoms with E-state index in [0.29, 0.717) is 24.1 Å². The normalized spacial score (nSPS) is 11.3. The van der Waals surface area contributed by atoms with Gasteiger partial charge in [0, 0.05) is 18.3 Å². The van der Waals surface area contributed by atoms with Gasteiger partial charge in [-0.3, -0.25) is 9.59 Å². The molecule has 0 aromatic carbocycles. The zero-order valence-corrected chi connectivity index (χ0v) is 11.0. The van der Waals surface area contributed by atoms with Crippen molar-refractivity contribution in [2.45, 2.75) is 39.2 Å². The highest BCUT2D eigenvalue weighted by atomic mass is 16.3. The molecule has 1 aromatic heterocycles. The minimum absolute atomic E-state index is 0.0936. The molecular weight excluding hydrogens is 232 g/mol. The summed E-state index contributed by atoms with van der Waals surface area (Å²) in [6, 6.07) is 1.51. The summed E-state index contributed by atoms with van der Waals surface area (Å²) < 4.78 is 0. The second-order valence-electron chi connectivity index (χ2n) is 4.47. The lowest BCUT2D eigenvalue weighted by molar-refractivity contribution is 0.0313. The number of hydrogen-bond acceptors (Lipinski definition) is 3.